The molecular weight excluding hydrogens is 243 g/mol. The summed E-state index contributed by atoms with van der Waals surface area (Å²) in [7, 11) is 0. The fraction of sp³-hybridized carbons (Fsp3) is 0.750. The molecule has 0 heterocycles. The first-order valence-electron chi connectivity index (χ1n) is 4.71. The number of primary amides is 1. The molecule has 2 amide bonds. The Morgan fingerprint density at radius 2 is 1.94 bits per heavy atom. The average molecular weight is 257 g/mol. The Hall–Kier alpha value is -1.35. The lowest BCUT2D eigenvalue weighted by molar-refractivity contribution is -0.128. The van der Waals surface area contributed by atoms with Crippen LogP contribution in [0.1, 0.15) is 0 Å². The molecule has 4 N–H and O–H groups in total. The highest BCUT2D eigenvalue weighted by Crippen LogP contribution is 2.11. The van der Waals surface area contributed by atoms with Crippen molar-refractivity contribution in [2.75, 3.05) is 32.8 Å². The third-order valence-electron chi connectivity index (χ3n) is 1.42. The van der Waals surface area contributed by atoms with Crippen molar-refractivity contribution in [2.24, 2.45) is 5.73 Å². The number of rotatable bonds is 8. The quantitative estimate of drug-likeness (QED) is 0.474. The highest BCUT2D eigenvalue weighted by molar-refractivity contribution is 5.78. The van der Waals surface area contributed by atoms with Gasteiger partial charge in [0.15, 0.2) is 0 Å². The van der Waals surface area contributed by atoms with Gasteiger partial charge < -0.3 is 21.1 Å². The number of hydrogen-bond acceptors (Lipinski definition) is 4. The van der Waals surface area contributed by atoms with Gasteiger partial charge in [-0.1, -0.05) is 0 Å². The first-order chi connectivity index (χ1) is 7.81. The van der Waals surface area contributed by atoms with Crippen LogP contribution in [0.3, 0.4) is 0 Å². The Bertz CT molecular complexity index is 258. The van der Waals surface area contributed by atoms with Crippen LogP contribution in [0, 0.1) is 0 Å². The van der Waals surface area contributed by atoms with Crippen molar-refractivity contribution in [1.82, 2.24) is 10.6 Å². The van der Waals surface area contributed by atoms with E-state index < -0.39 is 31.1 Å². The van der Waals surface area contributed by atoms with E-state index in [4.69, 9.17) is 10.5 Å². The maximum atomic E-state index is 11.7. The van der Waals surface area contributed by atoms with Gasteiger partial charge in [0.1, 0.15) is 6.61 Å². The first-order valence-corrected chi connectivity index (χ1v) is 4.71. The minimum absolute atomic E-state index is 0.0634. The lowest BCUT2D eigenvalue weighted by atomic mass is 10.5. The molecule has 0 radical (unpaired) electrons. The van der Waals surface area contributed by atoms with Crippen molar-refractivity contribution < 1.29 is 27.5 Å². The lowest BCUT2D eigenvalue weighted by Crippen LogP contribution is -2.39. The predicted molar refractivity (Wildman–Crippen MR) is 51.9 cm³/mol. The van der Waals surface area contributed by atoms with Crippen molar-refractivity contribution in [1.29, 1.82) is 0 Å². The van der Waals surface area contributed by atoms with Crippen LogP contribution in [0.5, 0.6) is 0 Å². The maximum absolute atomic E-state index is 11.7. The average Bonchev–Trinajstić information content (AvgIpc) is 2.14. The zero-order valence-corrected chi connectivity index (χ0v) is 8.97. The van der Waals surface area contributed by atoms with E-state index in [1.54, 1.807) is 0 Å². The van der Waals surface area contributed by atoms with Crippen molar-refractivity contribution in [3.8, 4) is 0 Å². The molecule has 0 bridgehead atoms. The van der Waals surface area contributed by atoms with Gasteiger partial charge in [0.25, 0.3) is 0 Å². The fourth-order valence-corrected chi connectivity index (χ4v) is 0.816. The van der Waals surface area contributed by atoms with E-state index in [1.165, 1.54) is 0 Å². The van der Waals surface area contributed by atoms with E-state index in [-0.39, 0.29) is 19.8 Å². The summed E-state index contributed by atoms with van der Waals surface area (Å²) in [5.41, 5.74) is 4.77. The Labute approximate surface area is 95.7 Å². The van der Waals surface area contributed by atoms with Crippen molar-refractivity contribution in [2.45, 2.75) is 6.18 Å². The van der Waals surface area contributed by atoms with Gasteiger partial charge in [0, 0.05) is 6.54 Å². The number of hydrogen-bond donors (Lipinski definition) is 3. The smallest absolute Gasteiger partial charge is 0.370 e. The van der Waals surface area contributed by atoms with Gasteiger partial charge in [-0.2, -0.15) is 13.2 Å². The number of halogens is 3. The summed E-state index contributed by atoms with van der Waals surface area (Å²) in [4.78, 5) is 21.2. The normalized spacial score (nSPS) is 11.2. The molecule has 0 aliphatic carbocycles. The summed E-state index contributed by atoms with van der Waals surface area (Å²) in [5.74, 6) is -1.22. The minimum atomic E-state index is -4.34. The van der Waals surface area contributed by atoms with Gasteiger partial charge >= 0.3 is 6.18 Å². The molecule has 0 aliphatic rings. The van der Waals surface area contributed by atoms with Gasteiger partial charge in [-0.15, -0.1) is 0 Å². The third kappa shape index (κ3) is 12.6. The number of carbonyl (C=O) groups is 2. The highest BCUT2D eigenvalue weighted by atomic mass is 19.4. The summed E-state index contributed by atoms with van der Waals surface area (Å²) in [6, 6.07) is 0. The third-order valence-corrected chi connectivity index (χ3v) is 1.42. The van der Waals surface area contributed by atoms with Gasteiger partial charge in [-0.25, -0.2) is 0 Å². The van der Waals surface area contributed by atoms with Crippen LogP contribution < -0.4 is 16.4 Å². The number of nitrogens with two attached hydrogens (primary N) is 1. The van der Waals surface area contributed by atoms with E-state index in [0.29, 0.717) is 0 Å². The topological polar surface area (TPSA) is 93.5 Å². The lowest BCUT2D eigenvalue weighted by Gasteiger charge is -2.08. The van der Waals surface area contributed by atoms with Gasteiger partial charge in [0.2, 0.25) is 11.8 Å². The summed E-state index contributed by atoms with van der Waals surface area (Å²) in [6.07, 6.45) is -4.34. The van der Waals surface area contributed by atoms with E-state index in [0.717, 1.165) is 0 Å². The van der Waals surface area contributed by atoms with E-state index in [2.05, 4.69) is 5.32 Å². The number of carbonyl (C=O) groups excluding carboxylic acids is 2. The molecule has 0 saturated heterocycles. The molecule has 0 aromatic heterocycles. The molecule has 0 atom stereocenters. The van der Waals surface area contributed by atoms with Crippen LogP contribution in [0.2, 0.25) is 0 Å². The number of nitrogens with one attached hydrogen (secondary N) is 2. The fourth-order valence-electron chi connectivity index (χ4n) is 0.816. The van der Waals surface area contributed by atoms with Crippen molar-refractivity contribution in [3.05, 3.63) is 0 Å². The number of alkyl halides is 3. The molecule has 0 aliphatic heterocycles. The zero-order chi connectivity index (χ0) is 13.3. The Morgan fingerprint density at radius 1 is 1.29 bits per heavy atom. The predicted octanol–water partition coefficient (Wildman–Crippen LogP) is -1.24. The van der Waals surface area contributed by atoms with Crippen molar-refractivity contribution >= 4 is 11.8 Å². The van der Waals surface area contributed by atoms with E-state index in [9.17, 15) is 22.8 Å². The first kappa shape index (κ1) is 15.7. The summed E-state index contributed by atoms with van der Waals surface area (Å²) < 4.78 is 39.7. The van der Waals surface area contributed by atoms with Crippen LogP contribution in [0.4, 0.5) is 13.2 Å². The number of ether oxygens (including phenoxy) is 1. The molecule has 0 saturated carbocycles. The number of amides is 2. The second kappa shape index (κ2) is 7.85. The highest BCUT2D eigenvalue weighted by Gasteiger charge is 2.26. The van der Waals surface area contributed by atoms with Gasteiger partial charge in [0.05, 0.1) is 19.7 Å². The zero-order valence-electron chi connectivity index (χ0n) is 8.97. The molecule has 0 fully saturated rings. The summed E-state index contributed by atoms with van der Waals surface area (Å²) >= 11 is 0. The molecule has 0 unspecified atom stereocenters. The SMILES string of the molecule is NC(=O)COCCNC(=O)CNCC(F)(F)F. The Kier molecular flexibility index (Phi) is 7.22. The molecule has 0 spiro atoms. The molecule has 17 heavy (non-hydrogen) atoms. The molecule has 0 rings (SSSR count). The standard InChI is InChI=1S/C8H14F3N3O3/c9-8(10,11)5-13-3-7(16)14-1-2-17-4-6(12)15/h13H,1-5H2,(H2,12,15)(H,14,16). The van der Waals surface area contributed by atoms with Gasteiger partial charge in [-0.3, -0.25) is 9.59 Å². The Balaban J connectivity index is 3.38. The second-order valence-electron chi connectivity index (χ2n) is 3.09. The van der Waals surface area contributed by atoms with Crippen LogP contribution >= 0.6 is 0 Å². The van der Waals surface area contributed by atoms with E-state index >= 15 is 0 Å². The van der Waals surface area contributed by atoms with Crippen LogP contribution in [0.25, 0.3) is 0 Å². The molecular formula is C8H14F3N3O3. The maximum Gasteiger partial charge on any atom is 0.401 e. The van der Waals surface area contributed by atoms with Crippen molar-refractivity contribution in [3.63, 3.8) is 0 Å². The molecule has 0 aromatic carbocycles. The molecule has 9 heteroatoms. The monoisotopic (exact) mass is 257 g/mol. The minimum Gasteiger partial charge on any atom is -0.370 e. The molecule has 100 valence electrons. The van der Waals surface area contributed by atoms with Crippen LogP contribution in [-0.2, 0) is 14.3 Å². The van der Waals surface area contributed by atoms with E-state index in [1.807, 2.05) is 5.32 Å². The summed E-state index contributed by atoms with van der Waals surface area (Å²) in [5, 5.41) is 4.23. The second-order valence-corrected chi connectivity index (χ2v) is 3.09. The molecule has 6 nitrogen and oxygen atoms in total. The summed E-state index contributed by atoms with van der Waals surface area (Å²) in [6.45, 7) is -1.76. The molecule has 0 aromatic rings. The van der Waals surface area contributed by atoms with Crippen LogP contribution in [-0.4, -0.2) is 50.8 Å². The largest absolute Gasteiger partial charge is 0.401 e. The van der Waals surface area contributed by atoms with Gasteiger partial charge in [-0.05, 0) is 0 Å². The van der Waals surface area contributed by atoms with Crippen LogP contribution in [0.15, 0.2) is 0 Å². The Morgan fingerprint density at radius 3 is 2.47 bits per heavy atom.